The third kappa shape index (κ3) is 3.94. The molecular formula is C19H27N3O. The number of likely N-dealkylation sites (tertiary alicyclic amines) is 1. The second-order valence-corrected chi connectivity index (χ2v) is 6.44. The van der Waals surface area contributed by atoms with Crippen LogP contribution < -0.4 is 5.32 Å². The fourth-order valence-electron chi connectivity index (χ4n) is 3.40. The average Bonchev–Trinajstić information content (AvgIpc) is 3.01. The summed E-state index contributed by atoms with van der Waals surface area (Å²) < 4.78 is 0. The summed E-state index contributed by atoms with van der Waals surface area (Å²) >= 11 is 0. The molecule has 1 fully saturated rings. The highest BCUT2D eigenvalue weighted by Gasteiger charge is 2.11. The van der Waals surface area contributed by atoms with Gasteiger partial charge < -0.3 is 15.2 Å². The molecule has 1 aliphatic heterocycles. The molecule has 4 nitrogen and oxygen atoms in total. The molecule has 23 heavy (non-hydrogen) atoms. The van der Waals surface area contributed by atoms with E-state index in [1.54, 1.807) is 0 Å². The number of aromatic nitrogens is 1. The first-order chi connectivity index (χ1) is 11.3. The lowest BCUT2D eigenvalue weighted by Gasteiger charge is -2.26. The van der Waals surface area contributed by atoms with E-state index in [4.69, 9.17) is 0 Å². The topological polar surface area (TPSA) is 48.1 Å². The molecule has 0 saturated carbocycles. The van der Waals surface area contributed by atoms with Crippen LogP contribution >= 0.6 is 0 Å². The van der Waals surface area contributed by atoms with Crippen molar-refractivity contribution in [2.45, 2.75) is 39.0 Å². The molecule has 2 heterocycles. The van der Waals surface area contributed by atoms with Crippen molar-refractivity contribution in [3.63, 3.8) is 0 Å². The lowest BCUT2D eigenvalue weighted by Crippen LogP contribution is -2.33. The first kappa shape index (κ1) is 16.1. The summed E-state index contributed by atoms with van der Waals surface area (Å²) in [5, 5.41) is 4.22. The molecule has 1 aromatic heterocycles. The number of carbonyl (C=O) groups is 1. The molecule has 2 aromatic rings. The third-order valence-corrected chi connectivity index (χ3v) is 4.80. The van der Waals surface area contributed by atoms with Gasteiger partial charge in [-0.1, -0.05) is 13.3 Å². The van der Waals surface area contributed by atoms with E-state index in [1.165, 1.54) is 37.9 Å². The number of amides is 1. The van der Waals surface area contributed by atoms with E-state index in [-0.39, 0.29) is 5.91 Å². The van der Waals surface area contributed by atoms with Gasteiger partial charge in [0, 0.05) is 29.2 Å². The summed E-state index contributed by atoms with van der Waals surface area (Å²) in [6.07, 6.45) is 8.05. The predicted octanol–water partition coefficient (Wildman–Crippen LogP) is 3.34. The molecule has 0 radical (unpaired) electrons. The largest absolute Gasteiger partial charge is 0.361 e. The third-order valence-electron chi connectivity index (χ3n) is 4.80. The Morgan fingerprint density at radius 1 is 1.26 bits per heavy atom. The Bertz CT molecular complexity index is 656. The molecular weight excluding hydrogens is 286 g/mol. The molecule has 0 atom stereocenters. The molecule has 1 aromatic carbocycles. The van der Waals surface area contributed by atoms with Gasteiger partial charge in [0.15, 0.2) is 0 Å². The summed E-state index contributed by atoms with van der Waals surface area (Å²) in [5.74, 6) is 0.0359. The van der Waals surface area contributed by atoms with Crippen molar-refractivity contribution in [3.8, 4) is 0 Å². The van der Waals surface area contributed by atoms with Crippen LogP contribution in [-0.4, -0.2) is 42.0 Å². The summed E-state index contributed by atoms with van der Waals surface area (Å²) in [4.78, 5) is 18.1. The molecule has 1 saturated heterocycles. The molecule has 1 amide bonds. The Kier molecular flexibility index (Phi) is 5.34. The van der Waals surface area contributed by atoms with Crippen LogP contribution in [0.2, 0.25) is 0 Å². The first-order valence-corrected chi connectivity index (χ1v) is 8.88. The number of nitrogens with zero attached hydrogens (tertiary/aromatic N) is 1. The minimum atomic E-state index is 0.0359. The highest BCUT2D eigenvalue weighted by Crippen LogP contribution is 2.20. The van der Waals surface area contributed by atoms with Crippen LogP contribution in [0.5, 0.6) is 0 Å². The molecule has 4 heteroatoms. The molecule has 124 valence electrons. The summed E-state index contributed by atoms with van der Waals surface area (Å²) in [7, 11) is 0. The number of rotatable bonds is 6. The van der Waals surface area contributed by atoms with Crippen LogP contribution in [0, 0.1) is 0 Å². The zero-order valence-electron chi connectivity index (χ0n) is 14.0. The number of aromatic amines is 1. The SMILES string of the molecule is CCc1c[nH]c2ccc(C(=O)NCCCN3CCCCC3)cc12. The lowest BCUT2D eigenvalue weighted by molar-refractivity contribution is 0.0951. The van der Waals surface area contributed by atoms with Crippen LogP contribution in [-0.2, 0) is 6.42 Å². The van der Waals surface area contributed by atoms with Gasteiger partial charge in [0.2, 0.25) is 0 Å². The van der Waals surface area contributed by atoms with Gasteiger partial charge in [-0.3, -0.25) is 4.79 Å². The van der Waals surface area contributed by atoms with Crippen molar-refractivity contribution < 1.29 is 4.79 Å². The lowest BCUT2D eigenvalue weighted by atomic mass is 10.1. The Morgan fingerprint density at radius 3 is 2.87 bits per heavy atom. The minimum absolute atomic E-state index is 0.0359. The Labute approximate surface area is 138 Å². The predicted molar refractivity (Wildman–Crippen MR) is 94.9 cm³/mol. The average molecular weight is 313 g/mol. The van der Waals surface area contributed by atoms with Gasteiger partial charge in [-0.15, -0.1) is 0 Å². The van der Waals surface area contributed by atoms with Crippen molar-refractivity contribution in [1.82, 2.24) is 15.2 Å². The first-order valence-electron chi connectivity index (χ1n) is 8.88. The minimum Gasteiger partial charge on any atom is -0.361 e. The van der Waals surface area contributed by atoms with Gasteiger partial charge in [-0.05, 0) is 69.1 Å². The molecule has 0 bridgehead atoms. The zero-order valence-corrected chi connectivity index (χ0v) is 14.0. The standard InChI is InChI=1S/C19H27N3O/c1-2-15-14-21-18-8-7-16(13-17(15)18)19(23)20-9-6-12-22-10-4-3-5-11-22/h7-8,13-14,21H,2-6,9-12H2,1H3,(H,20,23). The van der Waals surface area contributed by atoms with Crippen molar-refractivity contribution in [3.05, 3.63) is 35.5 Å². The van der Waals surface area contributed by atoms with Crippen molar-refractivity contribution in [2.75, 3.05) is 26.2 Å². The summed E-state index contributed by atoms with van der Waals surface area (Å²) in [6, 6.07) is 5.90. The van der Waals surface area contributed by atoms with Crippen LogP contribution in [0.25, 0.3) is 10.9 Å². The zero-order chi connectivity index (χ0) is 16.1. The van der Waals surface area contributed by atoms with Gasteiger partial charge in [-0.25, -0.2) is 0 Å². The number of benzene rings is 1. The highest BCUT2D eigenvalue weighted by atomic mass is 16.1. The smallest absolute Gasteiger partial charge is 0.251 e. The van der Waals surface area contributed by atoms with E-state index < -0.39 is 0 Å². The summed E-state index contributed by atoms with van der Waals surface area (Å²) in [5.41, 5.74) is 3.12. The van der Waals surface area contributed by atoms with Crippen LogP contribution in [0.15, 0.2) is 24.4 Å². The van der Waals surface area contributed by atoms with Crippen molar-refractivity contribution in [1.29, 1.82) is 0 Å². The summed E-state index contributed by atoms with van der Waals surface area (Å²) in [6.45, 7) is 6.42. The van der Waals surface area contributed by atoms with E-state index in [2.05, 4.69) is 22.1 Å². The van der Waals surface area contributed by atoms with E-state index >= 15 is 0 Å². The normalized spacial score (nSPS) is 15.9. The van der Waals surface area contributed by atoms with Crippen LogP contribution in [0.1, 0.15) is 48.5 Å². The molecule has 3 rings (SSSR count). The van der Waals surface area contributed by atoms with Gasteiger partial charge in [0.25, 0.3) is 5.91 Å². The Morgan fingerprint density at radius 2 is 2.09 bits per heavy atom. The van der Waals surface area contributed by atoms with Crippen LogP contribution in [0.3, 0.4) is 0 Å². The quantitative estimate of drug-likeness (QED) is 0.804. The van der Waals surface area contributed by atoms with Gasteiger partial charge in [0.1, 0.15) is 0 Å². The van der Waals surface area contributed by atoms with Gasteiger partial charge in [0.05, 0.1) is 0 Å². The maximum absolute atomic E-state index is 12.3. The van der Waals surface area contributed by atoms with Crippen molar-refractivity contribution >= 4 is 16.8 Å². The van der Waals surface area contributed by atoms with Crippen LogP contribution in [0.4, 0.5) is 0 Å². The van der Waals surface area contributed by atoms with Gasteiger partial charge in [-0.2, -0.15) is 0 Å². The monoisotopic (exact) mass is 313 g/mol. The molecule has 1 aliphatic rings. The number of H-pyrrole nitrogens is 1. The molecule has 0 unspecified atom stereocenters. The van der Waals surface area contributed by atoms with E-state index in [1.807, 2.05) is 24.4 Å². The van der Waals surface area contributed by atoms with Crippen molar-refractivity contribution in [2.24, 2.45) is 0 Å². The number of piperidine rings is 1. The highest BCUT2D eigenvalue weighted by molar-refractivity contribution is 5.98. The molecule has 0 spiro atoms. The van der Waals surface area contributed by atoms with E-state index in [0.717, 1.165) is 42.4 Å². The second-order valence-electron chi connectivity index (χ2n) is 6.44. The van der Waals surface area contributed by atoms with E-state index in [9.17, 15) is 4.79 Å². The number of hydrogen-bond acceptors (Lipinski definition) is 2. The number of carbonyl (C=O) groups excluding carboxylic acids is 1. The van der Waals surface area contributed by atoms with E-state index in [0.29, 0.717) is 0 Å². The maximum Gasteiger partial charge on any atom is 0.251 e. The fourth-order valence-corrected chi connectivity index (χ4v) is 3.40. The maximum atomic E-state index is 12.3. The Hall–Kier alpha value is -1.81. The molecule has 0 aliphatic carbocycles. The number of nitrogens with one attached hydrogen (secondary N) is 2. The second kappa shape index (κ2) is 7.64. The fraction of sp³-hybridized carbons (Fsp3) is 0.526. The van der Waals surface area contributed by atoms with Gasteiger partial charge >= 0.3 is 0 Å². The Balaban J connectivity index is 1.51. The number of hydrogen-bond donors (Lipinski definition) is 2. The molecule has 2 N–H and O–H groups in total. The number of aryl methyl sites for hydroxylation is 1. The number of fused-ring (bicyclic) bond motifs is 1.